The number of nitrogens with zero attached hydrogens (tertiary/aromatic N) is 4. The van der Waals surface area contributed by atoms with Crippen molar-refractivity contribution in [1.29, 1.82) is 0 Å². The Bertz CT molecular complexity index is 784. The number of fused-ring (bicyclic) bond motifs is 1. The normalized spacial score (nSPS) is 21.5. The van der Waals surface area contributed by atoms with Crippen LogP contribution in [0.1, 0.15) is 29.6 Å². The maximum Gasteiger partial charge on any atom is 0.202 e. The van der Waals surface area contributed by atoms with Gasteiger partial charge in [0.1, 0.15) is 5.52 Å². The van der Waals surface area contributed by atoms with Gasteiger partial charge in [0.15, 0.2) is 5.65 Å². The van der Waals surface area contributed by atoms with Crippen molar-refractivity contribution in [2.24, 2.45) is 7.05 Å². The van der Waals surface area contributed by atoms with E-state index in [0.29, 0.717) is 17.9 Å². The number of hydrogen-bond donors (Lipinski definition) is 1. The molecule has 0 spiro atoms. The number of imidazole rings is 1. The molecule has 2 unspecified atom stereocenters. The number of nitrogen functional groups attached to an aromatic ring is 1. The Balaban J connectivity index is 1.79. The third kappa shape index (κ3) is 1.49. The van der Waals surface area contributed by atoms with E-state index in [-0.39, 0.29) is 0 Å². The van der Waals surface area contributed by atoms with Crippen LogP contribution in [0.4, 0.5) is 5.95 Å². The monoisotopic (exact) mass is 267 g/mol. The number of hydrogen-bond acceptors (Lipinski definition) is 3. The van der Waals surface area contributed by atoms with Gasteiger partial charge in [0, 0.05) is 19.0 Å². The first-order valence-electron chi connectivity index (χ1n) is 6.88. The third-order valence-electron chi connectivity index (χ3n) is 4.18. The van der Waals surface area contributed by atoms with Crippen LogP contribution in [0.5, 0.6) is 0 Å². The van der Waals surface area contributed by atoms with Crippen LogP contribution in [0.15, 0.2) is 30.3 Å². The van der Waals surface area contributed by atoms with Gasteiger partial charge in [-0.2, -0.15) is 5.10 Å². The van der Waals surface area contributed by atoms with Crippen molar-refractivity contribution in [3.8, 4) is 0 Å². The van der Waals surface area contributed by atoms with E-state index in [1.807, 2.05) is 18.7 Å². The van der Waals surface area contributed by atoms with Gasteiger partial charge in [-0.05, 0) is 18.9 Å². The summed E-state index contributed by atoms with van der Waals surface area (Å²) >= 11 is 0. The van der Waals surface area contributed by atoms with Crippen LogP contribution >= 0.6 is 0 Å². The summed E-state index contributed by atoms with van der Waals surface area (Å²) in [6.45, 7) is 1.97. The zero-order valence-electron chi connectivity index (χ0n) is 11.6. The molecule has 2 heterocycles. The second-order valence-electron chi connectivity index (χ2n) is 5.54. The van der Waals surface area contributed by atoms with E-state index in [0.717, 1.165) is 23.3 Å². The molecule has 2 aromatic heterocycles. The first kappa shape index (κ1) is 11.5. The minimum atomic E-state index is 0.400. The van der Waals surface area contributed by atoms with Crippen LogP contribution in [0.25, 0.3) is 11.2 Å². The molecule has 20 heavy (non-hydrogen) atoms. The van der Waals surface area contributed by atoms with Crippen LogP contribution < -0.4 is 5.73 Å². The van der Waals surface area contributed by atoms with Crippen LogP contribution in [0.3, 0.4) is 0 Å². The Morgan fingerprint density at radius 3 is 2.75 bits per heavy atom. The van der Waals surface area contributed by atoms with Gasteiger partial charge in [-0.25, -0.2) is 4.98 Å². The number of rotatable bonds is 2. The molecule has 4 rings (SSSR count). The zero-order valence-corrected chi connectivity index (χ0v) is 11.6. The van der Waals surface area contributed by atoms with E-state index in [1.165, 1.54) is 5.56 Å². The van der Waals surface area contributed by atoms with Gasteiger partial charge >= 0.3 is 0 Å². The molecule has 0 radical (unpaired) electrons. The molecule has 1 aliphatic carbocycles. The summed E-state index contributed by atoms with van der Waals surface area (Å²) in [4.78, 5) is 4.48. The average molecular weight is 267 g/mol. The van der Waals surface area contributed by atoms with Crippen LogP contribution in [0.2, 0.25) is 0 Å². The molecular weight excluding hydrogens is 250 g/mol. The predicted octanol–water partition coefficient (Wildman–Crippen LogP) is 2.39. The van der Waals surface area contributed by atoms with E-state index in [9.17, 15) is 0 Å². The number of nitrogens with two attached hydrogens (primary N) is 1. The van der Waals surface area contributed by atoms with E-state index >= 15 is 0 Å². The fourth-order valence-corrected chi connectivity index (χ4v) is 3.17. The molecule has 5 heteroatoms. The predicted molar refractivity (Wildman–Crippen MR) is 78.5 cm³/mol. The summed E-state index contributed by atoms with van der Waals surface area (Å²) in [5.41, 5.74) is 10.4. The minimum absolute atomic E-state index is 0.400. The molecule has 1 aliphatic rings. The van der Waals surface area contributed by atoms with Crippen LogP contribution in [0, 0.1) is 6.92 Å². The summed E-state index contributed by atoms with van der Waals surface area (Å²) < 4.78 is 4.03. The smallest absolute Gasteiger partial charge is 0.202 e. The molecule has 3 aromatic rings. The Morgan fingerprint density at radius 2 is 2.00 bits per heavy atom. The van der Waals surface area contributed by atoms with Gasteiger partial charge in [-0.3, -0.25) is 9.25 Å². The molecule has 2 atom stereocenters. The second kappa shape index (κ2) is 3.85. The molecular formula is C15H17N5. The Kier molecular flexibility index (Phi) is 2.22. The highest BCUT2D eigenvalue weighted by atomic mass is 15.4. The van der Waals surface area contributed by atoms with E-state index in [1.54, 1.807) is 0 Å². The fraction of sp³-hybridized carbons (Fsp3) is 0.333. The van der Waals surface area contributed by atoms with Gasteiger partial charge < -0.3 is 5.73 Å². The van der Waals surface area contributed by atoms with Crippen molar-refractivity contribution in [3.63, 3.8) is 0 Å². The molecule has 0 amide bonds. The molecule has 1 saturated carbocycles. The Morgan fingerprint density at radius 1 is 1.25 bits per heavy atom. The van der Waals surface area contributed by atoms with Crippen LogP contribution in [-0.4, -0.2) is 19.3 Å². The highest BCUT2D eigenvalue weighted by Crippen LogP contribution is 2.53. The highest BCUT2D eigenvalue weighted by Gasteiger charge is 2.42. The lowest BCUT2D eigenvalue weighted by molar-refractivity contribution is 0.690. The maximum atomic E-state index is 6.13. The first-order valence-corrected chi connectivity index (χ1v) is 6.88. The highest BCUT2D eigenvalue weighted by molar-refractivity contribution is 5.78. The molecule has 0 bridgehead atoms. The molecule has 2 N–H and O–H groups in total. The van der Waals surface area contributed by atoms with Crippen molar-refractivity contribution < 1.29 is 0 Å². The Hall–Kier alpha value is -2.30. The van der Waals surface area contributed by atoms with Gasteiger partial charge in [-0.15, -0.1) is 0 Å². The third-order valence-corrected chi connectivity index (χ3v) is 4.18. The molecule has 0 aliphatic heterocycles. The summed E-state index contributed by atoms with van der Waals surface area (Å²) in [6.07, 6.45) is 1.11. The molecule has 102 valence electrons. The van der Waals surface area contributed by atoms with Crippen molar-refractivity contribution in [3.05, 3.63) is 41.6 Å². The number of benzene rings is 1. The molecule has 5 nitrogen and oxygen atoms in total. The summed E-state index contributed by atoms with van der Waals surface area (Å²) in [5, 5.41) is 4.44. The van der Waals surface area contributed by atoms with E-state index < -0.39 is 0 Å². The quantitative estimate of drug-likeness (QED) is 0.775. The van der Waals surface area contributed by atoms with Crippen molar-refractivity contribution in [2.75, 3.05) is 5.73 Å². The molecule has 1 aromatic carbocycles. The molecule has 0 saturated heterocycles. The van der Waals surface area contributed by atoms with Gasteiger partial charge in [-0.1, -0.05) is 30.3 Å². The van der Waals surface area contributed by atoms with Gasteiger partial charge in [0.25, 0.3) is 0 Å². The summed E-state index contributed by atoms with van der Waals surface area (Å²) in [5.74, 6) is 1.13. The van der Waals surface area contributed by atoms with Crippen molar-refractivity contribution in [1.82, 2.24) is 19.3 Å². The largest absolute Gasteiger partial charge is 0.369 e. The topological polar surface area (TPSA) is 61.7 Å². The van der Waals surface area contributed by atoms with Crippen LogP contribution in [-0.2, 0) is 7.05 Å². The van der Waals surface area contributed by atoms with E-state index in [4.69, 9.17) is 5.73 Å². The first-order chi connectivity index (χ1) is 9.66. The summed E-state index contributed by atoms with van der Waals surface area (Å²) in [6, 6.07) is 11.0. The molecule has 1 fully saturated rings. The number of aromatic nitrogens is 4. The lowest BCUT2D eigenvalue weighted by atomic mass is 10.1. The SMILES string of the molecule is Cc1nn(C)c2c1nc(N)n2C1CC1c1ccccc1. The maximum absolute atomic E-state index is 6.13. The minimum Gasteiger partial charge on any atom is -0.369 e. The van der Waals surface area contributed by atoms with Crippen molar-refractivity contribution >= 4 is 17.1 Å². The Labute approximate surface area is 117 Å². The van der Waals surface area contributed by atoms with Crippen molar-refractivity contribution in [2.45, 2.75) is 25.3 Å². The lowest BCUT2D eigenvalue weighted by Crippen LogP contribution is -2.06. The fourth-order valence-electron chi connectivity index (χ4n) is 3.17. The number of aryl methyl sites for hydroxylation is 2. The van der Waals surface area contributed by atoms with Gasteiger partial charge in [0.05, 0.1) is 5.69 Å². The standard InChI is InChI=1S/C15H17N5/c1-9-13-14(19(2)18-9)20(15(16)17-13)12-8-11(12)10-6-4-3-5-7-10/h3-7,11-12H,8H2,1-2H3,(H2,16,17). The second-order valence-corrected chi connectivity index (χ2v) is 5.54. The summed E-state index contributed by atoms with van der Waals surface area (Å²) in [7, 11) is 1.95. The number of anilines is 1. The average Bonchev–Trinajstić information content (AvgIpc) is 3.08. The zero-order chi connectivity index (χ0) is 13.9. The van der Waals surface area contributed by atoms with Gasteiger partial charge in [0.2, 0.25) is 5.95 Å². The lowest BCUT2D eigenvalue weighted by Gasteiger charge is -2.06. The van der Waals surface area contributed by atoms with E-state index in [2.05, 4.69) is 45.0 Å².